The summed E-state index contributed by atoms with van der Waals surface area (Å²) in [6.45, 7) is 1.84. The summed E-state index contributed by atoms with van der Waals surface area (Å²) in [5.74, 6) is 0.173. The number of hydrogen-bond donors (Lipinski definition) is 0. The van der Waals surface area contributed by atoms with Gasteiger partial charge in [0.05, 0.1) is 11.8 Å². The van der Waals surface area contributed by atoms with Crippen LogP contribution in [0.25, 0.3) is 5.57 Å². The van der Waals surface area contributed by atoms with Crippen molar-refractivity contribution in [2.75, 3.05) is 14.1 Å². The molecule has 0 fully saturated rings. The van der Waals surface area contributed by atoms with E-state index in [1.165, 1.54) is 6.26 Å². The number of hydrogen-bond acceptors (Lipinski definition) is 3. The van der Waals surface area contributed by atoms with Gasteiger partial charge in [0.2, 0.25) is 5.78 Å². The van der Waals surface area contributed by atoms with Crippen molar-refractivity contribution < 1.29 is 9.21 Å². The van der Waals surface area contributed by atoms with Crippen molar-refractivity contribution in [3.8, 4) is 0 Å². The van der Waals surface area contributed by atoms with Crippen molar-refractivity contribution >= 4 is 23.0 Å². The van der Waals surface area contributed by atoms with Crippen LogP contribution in [0, 0.1) is 6.92 Å². The van der Waals surface area contributed by atoms with Gasteiger partial charge in [-0.2, -0.15) is 0 Å². The van der Waals surface area contributed by atoms with Gasteiger partial charge in [-0.1, -0.05) is 29.8 Å². The molecule has 0 aliphatic carbocycles. The van der Waals surface area contributed by atoms with Crippen molar-refractivity contribution in [3.63, 3.8) is 0 Å². The van der Waals surface area contributed by atoms with E-state index in [0.29, 0.717) is 21.9 Å². The predicted molar refractivity (Wildman–Crippen MR) is 80.9 cm³/mol. The minimum Gasteiger partial charge on any atom is -0.461 e. The quantitative estimate of drug-likeness (QED) is 0.629. The van der Waals surface area contributed by atoms with Gasteiger partial charge in [-0.05, 0) is 24.6 Å². The van der Waals surface area contributed by atoms with E-state index in [2.05, 4.69) is 0 Å². The van der Waals surface area contributed by atoms with Crippen LogP contribution in [0.5, 0.6) is 0 Å². The molecule has 0 aliphatic heterocycles. The predicted octanol–water partition coefficient (Wildman–Crippen LogP) is 4.03. The van der Waals surface area contributed by atoms with Gasteiger partial charge >= 0.3 is 0 Å². The second-order valence-corrected chi connectivity index (χ2v) is 5.16. The molecule has 0 amide bonds. The number of nitrogens with zero attached hydrogens (tertiary/aromatic N) is 1. The number of carbonyl (C=O) groups excluding carboxylic acids is 1. The number of carbonyl (C=O) groups is 1. The highest BCUT2D eigenvalue weighted by Gasteiger charge is 2.21. The highest BCUT2D eigenvalue weighted by molar-refractivity contribution is 6.36. The Bertz CT molecular complexity index is 656. The van der Waals surface area contributed by atoms with Crippen LogP contribution in [0.1, 0.15) is 21.7 Å². The summed E-state index contributed by atoms with van der Waals surface area (Å²) in [5, 5.41) is 0.540. The van der Waals surface area contributed by atoms with E-state index in [-0.39, 0.29) is 5.78 Å². The number of allylic oxidation sites excluding steroid dienone is 1. The normalized spacial score (nSPS) is 11.5. The molecule has 0 atom stereocenters. The SMILES string of the molecule is Cc1ccoc1C(=O)C(=CN(C)C)c1ccccc1Cl. The van der Waals surface area contributed by atoms with Crippen molar-refractivity contribution in [1.82, 2.24) is 4.90 Å². The zero-order valence-corrected chi connectivity index (χ0v) is 12.4. The van der Waals surface area contributed by atoms with E-state index in [1.54, 1.807) is 18.3 Å². The lowest BCUT2D eigenvalue weighted by molar-refractivity contribution is 0.103. The lowest BCUT2D eigenvalue weighted by Gasteiger charge is -2.12. The Balaban J connectivity index is 2.53. The Kier molecular flexibility index (Phi) is 4.30. The van der Waals surface area contributed by atoms with Gasteiger partial charge in [0, 0.05) is 30.9 Å². The molecule has 0 saturated heterocycles. The van der Waals surface area contributed by atoms with Crippen LogP contribution >= 0.6 is 11.6 Å². The Morgan fingerprint density at radius 1 is 1.25 bits per heavy atom. The average Bonchev–Trinajstić information content (AvgIpc) is 2.82. The third-order valence-corrected chi connectivity index (χ3v) is 3.19. The molecule has 0 saturated carbocycles. The smallest absolute Gasteiger partial charge is 0.230 e. The summed E-state index contributed by atoms with van der Waals surface area (Å²) in [7, 11) is 3.72. The van der Waals surface area contributed by atoms with Crippen molar-refractivity contribution in [2.45, 2.75) is 6.92 Å². The minimum absolute atomic E-state index is 0.172. The van der Waals surface area contributed by atoms with E-state index in [0.717, 1.165) is 5.56 Å². The molecular formula is C16H16ClNO2. The number of Topliss-reactive ketones (excluding diaryl/α,β-unsaturated/α-hetero) is 1. The molecule has 1 aromatic heterocycles. The molecule has 0 bridgehead atoms. The number of benzene rings is 1. The monoisotopic (exact) mass is 289 g/mol. The van der Waals surface area contributed by atoms with E-state index in [9.17, 15) is 4.79 Å². The maximum absolute atomic E-state index is 12.7. The van der Waals surface area contributed by atoms with Gasteiger partial charge in [-0.3, -0.25) is 4.79 Å². The Hall–Kier alpha value is -2.00. The number of furan rings is 1. The fourth-order valence-corrected chi connectivity index (χ4v) is 2.15. The van der Waals surface area contributed by atoms with Gasteiger partial charge in [0.15, 0.2) is 5.76 Å². The molecule has 20 heavy (non-hydrogen) atoms. The van der Waals surface area contributed by atoms with Crippen LogP contribution in [-0.2, 0) is 0 Å². The largest absolute Gasteiger partial charge is 0.461 e. The second kappa shape index (κ2) is 5.97. The first kappa shape index (κ1) is 14.4. The molecule has 0 aliphatic rings. The molecule has 2 aromatic rings. The first-order chi connectivity index (χ1) is 9.50. The average molecular weight is 290 g/mol. The second-order valence-electron chi connectivity index (χ2n) is 4.75. The fourth-order valence-electron chi connectivity index (χ4n) is 1.92. The van der Waals surface area contributed by atoms with Crippen LogP contribution in [0.2, 0.25) is 5.02 Å². The molecule has 4 heteroatoms. The molecule has 104 valence electrons. The summed E-state index contributed by atoms with van der Waals surface area (Å²) >= 11 is 6.21. The van der Waals surface area contributed by atoms with E-state index >= 15 is 0 Å². The summed E-state index contributed by atoms with van der Waals surface area (Å²) in [4.78, 5) is 14.5. The maximum Gasteiger partial charge on any atom is 0.230 e. The topological polar surface area (TPSA) is 33.5 Å². The lowest BCUT2D eigenvalue weighted by Crippen LogP contribution is -2.10. The lowest BCUT2D eigenvalue weighted by atomic mass is 9.99. The van der Waals surface area contributed by atoms with Gasteiger partial charge < -0.3 is 9.32 Å². The van der Waals surface area contributed by atoms with Gasteiger partial charge in [-0.15, -0.1) is 0 Å². The Labute approximate surface area is 123 Å². The van der Waals surface area contributed by atoms with Crippen molar-refractivity contribution in [1.29, 1.82) is 0 Å². The number of ketones is 1. The highest BCUT2D eigenvalue weighted by Crippen LogP contribution is 2.28. The summed E-state index contributed by atoms with van der Waals surface area (Å²) in [5.41, 5.74) is 2.02. The van der Waals surface area contributed by atoms with Crippen molar-refractivity contribution in [3.05, 3.63) is 64.7 Å². The molecule has 0 radical (unpaired) electrons. The molecule has 0 unspecified atom stereocenters. The molecule has 0 N–H and O–H groups in total. The van der Waals surface area contributed by atoms with E-state index in [1.807, 2.05) is 44.1 Å². The van der Waals surface area contributed by atoms with Crippen LogP contribution in [-0.4, -0.2) is 24.8 Å². The summed E-state index contributed by atoms with van der Waals surface area (Å²) in [6, 6.07) is 9.05. The van der Waals surface area contributed by atoms with Crippen LogP contribution in [0.4, 0.5) is 0 Å². The zero-order valence-electron chi connectivity index (χ0n) is 11.7. The van der Waals surface area contributed by atoms with Crippen LogP contribution in [0.3, 0.4) is 0 Å². The molecule has 1 aromatic carbocycles. The first-order valence-electron chi connectivity index (χ1n) is 6.22. The summed E-state index contributed by atoms with van der Waals surface area (Å²) in [6.07, 6.45) is 3.27. The molecular weight excluding hydrogens is 274 g/mol. The maximum atomic E-state index is 12.7. The third-order valence-electron chi connectivity index (χ3n) is 2.86. The number of aryl methyl sites for hydroxylation is 1. The third kappa shape index (κ3) is 2.94. The van der Waals surface area contributed by atoms with Gasteiger partial charge in [0.1, 0.15) is 0 Å². The summed E-state index contributed by atoms with van der Waals surface area (Å²) < 4.78 is 5.30. The highest BCUT2D eigenvalue weighted by atomic mass is 35.5. The molecule has 3 nitrogen and oxygen atoms in total. The van der Waals surface area contributed by atoms with Gasteiger partial charge in [-0.25, -0.2) is 0 Å². The number of rotatable bonds is 4. The first-order valence-corrected chi connectivity index (χ1v) is 6.60. The Morgan fingerprint density at radius 3 is 2.50 bits per heavy atom. The molecule has 1 heterocycles. The standard InChI is InChI=1S/C16H16ClNO2/c1-11-8-9-20-16(11)15(19)13(10-18(2)3)12-6-4-5-7-14(12)17/h4-10H,1-3H3. The Morgan fingerprint density at radius 2 is 1.95 bits per heavy atom. The number of halogens is 1. The van der Waals surface area contributed by atoms with Gasteiger partial charge in [0.25, 0.3) is 0 Å². The van der Waals surface area contributed by atoms with Crippen LogP contribution < -0.4 is 0 Å². The van der Waals surface area contributed by atoms with E-state index in [4.69, 9.17) is 16.0 Å². The zero-order chi connectivity index (χ0) is 14.7. The van der Waals surface area contributed by atoms with E-state index < -0.39 is 0 Å². The minimum atomic E-state index is -0.172. The molecule has 0 spiro atoms. The molecule has 2 rings (SSSR count). The fraction of sp³-hybridized carbons (Fsp3) is 0.188. The van der Waals surface area contributed by atoms with Crippen LogP contribution in [0.15, 0.2) is 47.2 Å². The van der Waals surface area contributed by atoms with Crippen molar-refractivity contribution in [2.24, 2.45) is 0 Å².